The lowest BCUT2D eigenvalue weighted by atomic mass is 9.91. The van der Waals surface area contributed by atoms with E-state index in [0.717, 1.165) is 5.75 Å². The Kier molecular flexibility index (Phi) is 5.96. The van der Waals surface area contributed by atoms with E-state index in [0.29, 0.717) is 18.8 Å². The molecule has 0 unspecified atom stereocenters. The lowest BCUT2D eigenvalue weighted by Gasteiger charge is -2.22. The summed E-state index contributed by atoms with van der Waals surface area (Å²) in [4.78, 5) is 24.2. The van der Waals surface area contributed by atoms with E-state index in [9.17, 15) is 9.59 Å². The second-order valence-electron chi connectivity index (χ2n) is 5.04. The summed E-state index contributed by atoms with van der Waals surface area (Å²) in [6.07, 6.45) is 1.57. The molecule has 0 saturated carbocycles. The molecule has 0 spiro atoms. The Hall–Kier alpha value is -2.30. The maximum atomic E-state index is 12.2. The molecule has 0 bridgehead atoms. The number of hydrogen-bond acceptors (Lipinski definition) is 3. The fraction of sp³-hybridized carbons (Fsp3) is 0.375. The van der Waals surface area contributed by atoms with Crippen LogP contribution in [0.1, 0.15) is 20.8 Å². The summed E-state index contributed by atoms with van der Waals surface area (Å²) in [5, 5.41) is 5.36. The fourth-order valence-electron chi connectivity index (χ4n) is 1.58. The molecule has 2 amide bonds. The summed E-state index contributed by atoms with van der Waals surface area (Å²) < 4.78 is 5.33. The molecule has 0 saturated heterocycles. The number of amides is 2. The predicted octanol–water partition coefficient (Wildman–Crippen LogP) is 2.35. The fourth-order valence-corrected chi connectivity index (χ4v) is 1.58. The van der Waals surface area contributed by atoms with Crippen LogP contribution >= 0.6 is 0 Å². The minimum Gasteiger partial charge on any atom is -0.494 e. The SMILES string of the molecule is C=CCNC(=O)C(C)(C)C(=O)Nc1ccc(OCC)cc1. The van der Waals surface area contributed by atoms with Gasteiger partial charge in [0, 0.05) is 12.2 Å². The molecule has 1 aromatic carbocycles. The monoisotopic (exact) mass is 290 g/mol. The summed E-state index contributed by atoms with van der Waals surface area (Å²) in [6, 6.07) is 7.01. The third-order valence-corrected chi connectivity index (χ3v) is 2.97. The summed E-state index contributed by atoms with van der Waals surface area (Å²) >= 11 is 0. The first-order valence-corrected chi connectivity index (χ1v) is 6.85. The zero-order valence-electron chi connectivity index (χ0n) is 12.7. The molecule has 0 fully saturated rings. The Morgan fingerprint density at radius 1 is 1.24 bits per heavy atom. The average Bonchev–Trinajstić information content (AvgIpc) is 2.46. The lowest BCUT2D eigenvalue weighted by Crippen LogP contribution is -2.45. The van der Waals surface area contributed by atoms with Crippen LogP contribution < -0.4 is 15.4 Å². The number of ether oxygens (including phenoxy) is 1. The smallest absolute Gasteiger partial charge is 0.239 e. The van der Waals surface area contributed by atoms with Crippen molar-refractivity contribution in [2.24, 2.45) is 5.41 Å². The van der Waals surface area contributed by atoms with Crippen LogP contribution in [0.3, 0.4) is 0 Å². The summed E-state index contributed by atoms with van der Waals surface area (Å²) in [7, 11) is 0. The van der Waals surface area contributed by atoms with E-state index in [-0.39, 0.29) is 11.8 Å². The van der Waals surface area contributed by atoms with Crippen molar-refractivity contribution >= 4 is 17.5 Å². The molecule has 0 aliphatic heterocycles. The maximum absolute atomic E-state index is 12.2. The van der Waals surface area contributed by atoms with Crippen LogP contribution in [0.4, 0.5) is 5.69 Å². The van der Waals surface area contributed by atoms with Crippen molar-refractivity contribution in [2.75, 3.05) is 18.5 Å². The highest BCUT2D eigenvalue weighted by atomic mass is 16.5. The zero-order chi connectivity index (χ0) is 15.9. The summed E-state index contributed by atoms with van der Waals surface area (Å²) in [6.45, 7) is 9.50. The number of anilines is 1. The Morgan fingerprint density at radius 2 is 1.86 bits per heavy atom. The first-order chi connectivity index (χ1) is 9.91. The molecule has 0 aliphatic carbocycles. The van der Waals surface area contributed by atoms with Crippen molar-refractivity contribution in [1.82, 2.24) is 5.32 Å². The van der Waals surface area contributed by atoms with Gasteiger partial charge in [0.2, 0.25) is 11.8 Å². The van der Waals surface area contributed by atoms with Gasteiger partial charge >= 0.3 is 0 Å². The Morgan fingerprint density at radius 3 is 2.38 bits per heavy atom. The molecule has 0 radical (unpaired) electrons. The standard InChI is InChI=1S/C16H22N2O3/c1-5-11-17-14(19)16(3,4)15(20)18-12-7-9-13(10-8-12)21-6-2/h5,7-10H,1,6,11H2,2-4H3,(H,17,19)(H,18,20). The van der Waals surface area contributed by atoms with Gasteiger partial charge in [-0.1, -0.05) is 6.08 Å². The second kappa shape index (κ2) is 7.47. The molecule has 2 N–H and O–H groups in total. The number of carbonyl (C=O) groups is 2. The third-order valence-electron chi connectivity index (χ3n) is 2.97. The normalized spacial score (nSPS) is 10.6. The second-order valence-corrected chi connectivity index (χ2v) is 5.04. The third kappa shape index (κ3) is 4.63. The van der Waals surface area contributed by atoms with Crippen LogP contribution in [0.2, 0.25) is 0 Å². The zero-order valence-corrected chi connectivity index (χ0v) is 12.7. The van der Waals surface area contributed by atoms with Gasteiger partial charge in [-0.15, -0.1) is 6.58 Å². The van der Waals surface area contributed by atoms with E-state index in [1.165, 1.54) is 0 Å². The molecule has 0 atom stereocenters. The van der Waals surface area contributed by atoms with Gasteiger partial charge in [-0.2, -0.15) is 0 Å². The van der Waals surface area contributed by atoms with Crippen molar-refractivity contribution in [2.45, 2.75) is 20.8 Å². The molecule has 1 rings (SSSR count). The molecule has 21 heavy (non-hydrogen) atoms. The summed E-state index contributed by atoms with van der Waals surface area (Å²) in [5.41, 5.74) is -0.547. The molecular formula is C16H22N2O3. The number of rotatable bonds is 7. The first kappa shape index (κ1) is 16.8. The summed E-state index contributed by atoms with van der Waals surface area (Å²) in [5.74, 6) is 0.0255. The van der Waals surface area contributed by atoms with Gasteiger partial charge in [0.25, 0.3) is 0 Å². The topological polar surface area (TPSA) is 67.4 Å². The van der Waals surface area contributed by atoms with E-state index in [4.69, 9.17) is 4.74 Å². The van der Waals surface area contributed by atoms with E-state index in [1.54, 1.807) is 44.2 Å². The van der Waals surface area contributed by atoms with Crippen LogP contribution in [-0.2, 0) is 9.59 Å². The number of hydrogen-bond donors (Lipinski definition) is 2. The molecular weight excluding hydrogens is 268 g/mol. The van der Waals surface area contributed by atoms with Gasteiger partial charge in [-0.05, 0) is 45.0 Å². The van der Waals surface area contributed by atoms with Gasteiger partial charge in [-0.3, -0.25) is 9.59 Å². The molecule has 1 aromatic rings. The largest absolute Gasteiger partial charge is 0.494 e. The number of nitrogens with one attached hydrogen (secondary N) is 2. The molecule has 0 aliphatic rings. The van der Waals surface area contributed by atoms with E-state index in [1.807, 2.05) is 6.92 Å². The van der Waals surface area contributed by atoms with Crippen molar-refractivity contribution < 1.29 is 14.3 Å². The highest BCUT2D eigenvalue weighted by Gasteiger charge is 2.35. The first-order valence-electron chi connectivity index (χ1n) is 6.85. The molecule has 114 valence electrons. The van der Waals surface area contributed by atoms with Gasteiger partial charge in [0.15, 0.2) is 0 Å². The van der Waals surface area contributed by atoms with Crippen LogP contribution in [-0.4, -0.2) is 25.0 Å². The van der Waals surface area contributed by atoms with Crippen molar-refractivity contribution in [3.05, 3.63) is 36.9 Å². The molecule has 5 heteroatoms. The molecule has 5 nitrogen and oxygen atoms in total. The van der Waals surface area contributed by atoms with Gasteiger partial charge in [0.05, 0.1) is 6.61 Å². The minimum absolute atomic E-state index is 0.332. The van der Waals surface area contributed by atoms with Crippen LogP contribution in [0, 0.1) is 5.41 Å². The van der Waals surface area contributed by atoms with Crippen molar-refractivity contribution in [3.63, 3.8) is 0 Å². The predicted molar refractivity (Wildman–Crippen MR) is 83.2 cm³/mol. The van der Waals surface area contributed by atoms with Crippen molar-refractivity contribution in [3.8, 4) is 5.75 Å². The van der Waals surface area contributed by atoms with Gasteiger partial charge in [-0.25, -0.2) is 0 Å². The Labute approximate surface area is 125 Å². The van der Waals surface area contributed by atoms with Gasteiger partial charge in [0.1, 0.15) is 11.2 Å². The van der Waals surface area contributed by atoms with E-state index >= 15 is 0 Å². The number of benzene rings is 1. The van der Waals surface area contributed by atoms with Crippen LogP contribution in [0.5, 0.6) is 5.75 Å². The average molecular weight is 290 g/mol. The highest BCUT2D eigenvalue weighted by Crippen LogP contribution is 2.21. The Balaban J connectivity index is 2.70. The Bertz CT molecular complexity index is 507. The number of carbonyl (C=O) groups excluding carboxylic acids is 2. The van der Waals surface area contributed by atoms with Crippen LogP contribution in [0.25, 0.3) is 0 Å². The quantitative estimate of drug-likeness (QED) is 0.598. The van der Waals surface area contributed by atoms with E-state index in [2.05, 4.69) is 17.2 Å². The highest BCUT2D eigenvalue weighted by molar-refractivity contribution is 6.09. The molecule has 0 heterocycles. The van der Waals surface area contributed by atoms with Gasteiger partial charge < -0.3 is 15.4 Å². The lowest BCUT2D eigenvalue weighted by molar-refractivity contribution is -0.138. The minimum atomic E-state index is -1.17. The molecule has 0 aromatic heterocycles. The van der Waals surface area contributed by atoms with Crippen LogP contribution in [0.15, 0.2) is 36.9 Å². The van der Waals surface area contributed by atoms with Crippen molar-refractivity contribution in [1.29, 1.82) is 0 Å². The van der Waals surface area contributed by atoms with E-state index < -0.39 is 5.41 Å². The maximum Gasteiger partial charge on any atom is 0.239 e.